The van der Waals surface area contributed by atoms with Gasteiger partial charge in [0.1, 0.15) is 5.58 Å². The van der Waals surface area contributed by atoms with Crippen molar-refractivity contribution in [2.75, 3.05) is 23.7 Å². The number of amides is 2. The van der Waals surface area contributed by atoms with Crippen molar-refractivity contribution in [1.82, 2.24) is 4.90 Å². The van der Waals surface area contributed by atoms with Crippen LogP contribution in [0.4, 0.5) is 16.2 Å². The number of nitrogens with zero attached hydrogens (tertiary/aromatic N) is 1. The summed E-state index contributed by atoms with van der Waals surface area (Å²) in [7, 11) is 0. The quantitative estimate of drug-likeness (QED) is 0.496. The topological polar surface area (TPSA) is 57.5 Å². The van der Waals surface area contributed by atoms with Crippen molar-refractivity contribution in [3.63, 3.8) is 0 Å². The van der Waals surface area contributed by atoms with Gasteiger partial charge in [-0.2, -0.15) is 0 Å². The number of furan rings is 1. The number of nitrogens with one attached hydrogen (secondary N) is 2. The number of para-hydroxylation sites is 1. The van der Waals surface area contributed by atoms with E-state index in [2.05, 4.69) is 29.4 Å². The van der Waals surface area contributed by atoms with Crippen molar-refractivity contribution in [1.29, 1.82) is 0 Å². The van der Waals surface area contributed by atoms with Crippen LogP contribution >= 0.6 is 0 Å². The fourth-order valence-corrected chi connectivity index (χ4v) is 4.51. The Kier molecular flexibility index (Phi) is 6.38. The summed E-state index contributed by atoms with van der Waals surface area (Å²) in [4.78, 5) is 15.0. The summed E-state index contributed by atoms with van der Waals surface area (Å²) >= 11 is 0. The van der Waals surface area contributed by atoms with Gasteiger partial charge in [-0.05, 0) is 75.5 Å². The maximum atomic E-state index is 12.3. The molecule has 30 heavy (non-hydrogen) atoms. The molecule has 0 spiro atoms. The fourth-order valence-electron chi connectivity index (χ4n) is 4.51. The fraction of sp³-hybridized carbons (Fsp3) is 0.400. The number of fused-ring (bicyclic) bond motifs is 1. The zero-order valence-electron chi connectivity index (χ0n) is 17.9. The van der Waals surface area contributed by atoms with Crippen molar-refractivity contribution in [3.8, 4) is 0 Å². The van der Waals surface area contributed by atoms with E-state index in [9.17, 15) is 4.79 Å². The molecule has 2 amide bonds. The van der Waals surface area contributed by atoms with Crippen LogP contribution in [0.3, 0.4) is 0 Å². The molecule has 1 aliphatic heterocycles. The van der Waals surface area contributed by atoms with E-state index in [-0.39, 0.29) is 6.03 Å². The van der Waals surface area contributed by atoms with E-state index in [0.29, 0.717) is 12.0 Å². The number of urea groups is 1. The van der Waals surface area contributed by atoms with Gasteiger partial charge >= 0.3 is 6.03 Å². The molecule has 5 heteroatoms. The number of likely N-dealkylation sites (tertiary alicyclic amines) is 1. The largest absolute Gasteiger partial charge is 0.464 e. The molecule has 0 bridgehead atoms. The predicted molar refractivity (Wildman–Crippen MR) is 123 cm³/mol. The molecule has 2 heterocycles. The number of carbonyl (C=O) groups excluding carboxylic acids is 1. The molecule has 0 radical (unpaired) electrons. The molecule has 4 rings (SSSR count). The predicted octanol–water partition coefficient (Wildman–Crippen LogP) is 6.44. The lowest BCUT2D eigenvalue weighted by atomic mass is 9.88. The van der Waals surface area contributed by atoms with Crippen LogP contribution < -0.4 is 10.6 Å². The van der Waals surface area contributed by atoms with Crippen molar-refractivity contribution in [2.45, 2.75) is 51.5 Å². The third kappa shape index (κ3) is 4.68. The zero-order valence-corrected chi connectivity index (χ0v) is 17.9. The first-order valence-electron chi connectivity index (χ1n) is 11.0. The maximum Gasteiger partial charge on any atom is 0.323 e. The standard InChI is InChI=1S/C25H31N3O2/c1-3-7-18(2)28-14-12-19(13-15-28)23-17-30-24-11-10-21(16-22(23)24)27-25(29)26-20-8-5-4-6-9-20/h4-6,8-11,16-19H,3,7,12-15H2,1-2H3,(H2,26,27,29). The second-order valence-electron chi connectivity index (χ2n) is 8.30. The van der Waals surface area contributed by atoms with Crippen LogP contribution in [0, 0.1) is 0 Å². The first-order valence-corrected chi connectivity index (χ1v) is 11.0. The van der Waals surface area contributed by atoms with E-state index >= 15 is 0 Å². The van der Waals surface area contributed by atoms with Crippen molar-refractivity contribution in [2.24, 2.45) is 0 Å². The Morgan fingerprint density at radius 1 is 1.10 bits per heavy atom. The van der Waals surface area contributed by atoms with Crippen LogP contribution in [0.2, 0.25) is 0 Å². The highest BCUT2D eigenvalue weighted by molar-refractivity contribution is 6.01. The van der Waals surface area contributed by atoms with Crippen molar-refractivity contribution >= 4 is 28.4 Å². The third-order valence-electron chi connectivity index (χ3n) is 6.19. The highest BCUT2D eigenvalue weighted by Gasteiger charge is 2.25. The van der Waals surface area contributed by atoms with Gasteiger partial charge in [0, 0.05) is 28.4 Å². The summed E-state index contributed by atoms with van der Waals surface area (Å²) in [5.41, 5.74) is 3.68. The van der Waals surface area contributed by atoms with Crippen LogP contribution in [-0.2, 0) is 0 Å². The molecular formula is C25H31N3O2. The summed E-state index contributed by atoms with van der Waals surface area (Å²) in [5, 5.41) is 6.90. The Balaban J connectivity index is 1.44. The molecule has 0 aliphatic carbocycles. The normalized spacial score (nSPS) is 16.5. The Morgan fingerprint density at radius 2 is 1.83 bits per heavy atom. The molecular weight excluding hydrogens is 374 g/mol. The van der Waals surface area contributed by atoms with Gasteiger partial charge in [0.05, 0.1) is 6.26 Å². The lowest BCUT2D eigenvalue weighted by molar-refractivity contribution is 0.154. The van der Waals surface area contributed by atoms with Crippen LogP contribution in [0.15, 0.2) is 59.2 Å². The Hall–Kier alpha value is -2.79. The van der Waals surface area contributed by atoms with Crippen LogP contribution in [0.25, 0.3) is 11.0 Å². The molecule has 1 aliphatic rings. The van der Waals surface area contributed by atoms with Crippen molar-refractivity contribution < 1.29 is 9.21 Å². The molecule has 3 aromatic rings. The minimum Gasteiger partial charge on any atom is -0.464 e. The molecule has 1 unspecified atom stereocenters. The van der Waals surface area contributed by atoms with Crippen LogP contribution in [0.5, 0.6) is 0 Å². The minimum atomic E-state index is -0.246. The van der Waals surface area contributed by atoms with Gasteiger partial charge in [-0.25, -0.2) is 4.79 Å². The average Bonchev–Trinajstić information content (AvgIpc) is 3.18. The van der Waals surface area contributed by atoms with E-state index in [0.717, 1.165) is 48.3 Å². The number of piperidine rings is 1. The summed E-state index contributed by atoms with van der Waals surface area (Å²) in [6.07, 6.45) is 6.71. The lowest BCUT2D eigenvalue weighted by Gasteiger charge is -2.36. The van der Waals surface area contributed by atoms with Gasteiger partial charge in [0.25, 0.3) is 0 Å². The highest BCUT2D eigenvalue weighted by atomic mass is 16.3. The maximum absolute atomic E-state index is 12.3. The number of benzene rings is 2. The van der Waals surface area contributed by atoms with Gasteiger partial charge in [-0.3, -0.25) is 0 Å². The van der Waals surface area contributed by atoms with E-state index in [1.54, 1.807) is 0 Å². The smallest absolute Gasteiger partial charge is 0.323 e. The van der Waals surface area contributed by atoms with Gasteiger partial charge in [-0.15, -0.1) is 0 Å². The number of hydrogen-bond donors (Lipinski definition) is 2. The molecule has 5 nitrogen and oxygen atoms in total. The van der Waals surface area contributed by atoms with Gasteiger partial charge in [-0.1, -0.05) is 31.5 Å². The third-order valence-corrected chi connectivity index (χ3v) is 6.19. The molecule has 2 aromatic carbocycles. The minimum absolute atomic E-state index is 0.246. The average molecular weight is 406 g/mol. The molecule has 2 N–H and O–H groups in total. The summed E-state index contributed by atoms with van der Waals surface area (Å²) in [6.45, 7) is 6.87. The van der Waals surface area contributed by atoms with E-state index in [1.165, 1.54) is 18.4 Å². The lowest BCUT2D eigenvalue weighted by Crippen LogP contribution is -2.39. The Labute approximate surface area is 178 Å². The molecule has 1 saturated heterocycles. The SMILES string of the molecule is CCCC(C)N1CCC(c2coc3ccc(NC(=O)Nc4ccccc4)cc23)CC1. The molecule has 1 atom stereocenters. The highest BCUT2D eigenvalue weighted by Crippen LogP contribution is 2.36. The second kappa shape index (κ2) is 9.35. The monoisotopic (exact) mass is 405 g/mol. The van der Waals surface area contributed by atoms with Gasteiger partial charge < -0.3 is 20.0 Å². The Bertz CT molecular complexity index is 974. The molecule has 0 saturated carbocycles. The summed E-state index contributed by atoms with van der Waals surface area (Å²) < 4.78 is 5.83. The summed E-state index contributed by atoms with van der Waals surface area (Å²) in [5.74, 6) is 0.504. The van der Waals surface area contributed by atoms with Crippen molar-refractivity contribution in [3.05, 3.63) is 60.4 Å². The number of hydrogen-bond acceptors (Lipinski definition) is 3. The van der Waals surface area contributed by atoms with Gasteiger partial charge in [0.2, 0.25) is 0 Å². The summed E-state index contributed by atoms with van der Waals surface area (Å²) in [6, 6.07) is 15.7. The van der Waals surface area contributed by atoms with Gasteiger partial charge in [0.15, 0.2) is 0 Å². The first-order chi connectivity index (χ1) is 14.6. The van der Waals surface area contributed by atoms with Crippen LogP contribution in [-0.4, -0.2) is 30.1 Å². The molecule has 1 aromatic heterocycles. The Morgan fingerprint density at radius 3 is 2.57 bits per heavy atom. The number of rotatable bonds is 6. The first kappa shape index (κ1) is 20.5. The van der Waals surface area contributed by atoms with Crippen LogP contribution in [0.1, 0.15) is 51.0 Å². The van der Waals surface area contributed by atoms with E-state index in [4.69, 9.17) is 4.42 Å². The molecule has 158 valence electrons. The van der Waals surface area contributed by atoms with E-state index in [1.807, 2.05) is 54.8 Å². The second-order valence-corrected chi connectivity index (χ2v) is 8.30. The zero-order chi connectivity index (χ0) is 20.9. The number of carbonyl (C=O) groups is 1. The molecule has 1 fully saturated rings. The van der Waals surface area contributed by atoms with E-state index < -0.39 is 0 Å². The number of anilines is 2.